The first kappa shape index (κ1) is 16.8. The fraction of sp³-hybridized carbons (Fsp3) is 0.588. The Kier molecular flexibility index (Phi) is 5.08. The zero-order chi connectivity index (χ0) is 16.3. The van der Waals surface area contributed by atoms with Gasteiger partial charge in [-0.2, -0.15) is 0 Å². The molecule has 0 radical (unpaired) electrons. The van der Waals surface area contributed by atoms with E-state index in [4.69, 9.17) is 9.84 Å². The second kappa shape index (κ2) is 6.67. The molecule has 5 nitrogen and oxygen atoms in total. The summed E-state index contributed by atoms with van der Waals surface area (Å²) in [5, 5.41) is 22.3. The molecule has 3 N–H and O–H groups in total. The van der Waals surface area contributed by atoms with E-state index in [1.165, 1.54) is 5.56 Å². The fourth-order valence-corrected chi connectivity index (χ4v) is 2.56. The average molecular weight is 307 g/mol. The molecule has 0 amide bonds. The van der Waals surface area contributed by atoms with Crippen molar-refractivity contribution in [2.45, 2.75) is 51.2 Å². The van der Waals surface area contributed by atoms with Gasteiger partial charge >= 0.3 is 5.97 Å². The summed E-state index contributed by atoms with van der Waals surface area (Å²) < 4.78 is 5.78. The highest BCUT2D eigenvalue weighted by Crippen LogP contribution is 2.35. The lowest BCUT2D eigenvalue weighted by Crippen LogP contribution is -2.43. The van der Waals surface area contributed by atoms with E-state index in [1.807, 2.05) is 18.2 Å². The molecule has 2 atom stereocenters. The Morgan fingerprint density at radius 2 is 2.14 bits per heavy atom. The lowest BCUT2D eigenvalue weighted by atomic mass is 9.85. The van der Waals surface area contributed by atoms with Crippen LogP contribution in [0.2, 0.25) is 0 Å². The number of aliphatic carboxylic acids is 1. The first-order chi connectivity index (χ1) is 10.3. The molecule has 5 heteroatoms. The number of aliphatic hydroxyl groups is 1. The van der Waals surface area contributed by atoms with Gasteiger partial charge in [0.1, 0.15) is 18.5 Å². The minimum atomic E-state index is -0.803. The Hall–Kier alpha value is -1.59. The van der Waals surface area contributed by atoms with Crippen molar-refractivity contribution in [2.24, 2.45) is 0 Å². The summed E-state index contributed by atoms with van der Waals surface area (Å²) in [7, 11) is 0. The third-order valence-corrected chi connectivity index (χ3v) is 3.97. The SMILES string of the molecule is CC(C)(C)c1ccc2c(c1)OC[C@@H](NCCCC(=O)O)[C@H]2O. The van der Waals surface area contributed by atoms with Gasteiger partial charge < -0.3 is 20.3 Å². The molecule has 0 saturated heterocycles. The summed E-state index contributed by atoms with van der Waals surface area (Å²) in [4.78, 5) is 10.5. The van der Waals surface area contributed by atoms with Crippen LogP contribution in [0.5, 0.6) is 5.75 Å². The van der Waals surface area contributed by atoms with Gasteiger partial charge in [0, 0.05) is 12.0 Å². The van der Waals surface area contributed by atoms with Crippen LogP contribution < -0.4 is 10.1 Å². The van der Waals surface area contributed by atoms with E-state index in [0.29, 0.717) is 19.6 Å². The van der Waals surface area contributed by atoms with Crippen LogP contribution in [0.15, 0.2) is 18.2 Å². The van der Waals surface area contributed by atoms with E-state index in [1.54, 1.807) is 0 Å². The lowest BCUT2D eigenvalue weighted by molar-refractivity contribution is -0.137. The van der Waals surface area contributed by atoms with Gasteiger partial charge in [0.05, 0.1) is 6.04 Å². The third-order valence-electron chi connectivity index (χ3n) is 3.97. The summed E-state index contributed by atoms with van der Waals surface area (Å²) >= 11 is 0. The van der Waals surface area contributed by atoms with Crippen molar-refractivity contribution in [2.75, 3.05) is 13.2 Å². The quantitative estimate of drug-likeness (QED) is 0.727. The smallest absolute Gasteiger partial charge is 0.303 e. The predicted octanol–water partition coefficient (Wildman–Crippen LogP) is 2.23. The van der Waals surface area contributed by atoms with Crippen molar-refractivity contribution in [1.82, 2.24) is 5.32 Å². The van der Waals surface area contributed by atoms with Crippen LogP contribution in [-0.4, -0.2) is 35.4 Å². The van der Waals surface area contributed by atoms with Crippen molar-refractivity contribution >= 4 is 5.97 Å². The number of carboxylic acid groups (broad SMARTS) is 1. The summed E-state index contributed by atoms with van der Waals surface area (Å²) in [5.74, 6) is -0.0641. The third kappa shape index (κ3) is 3.99. The molecular weight excluding hydrogens is 282 g/mol. The summed E-state index contributed by atoms with van der Waals surface area (Å²) in [6.07, 6.45) is 0.0268. The Morgan fingerprint density at radius 3 is 2.77 bits per heavy atom. The molecular formula is C17H25NO4. The molecule has 1 aromatic carbocycles. The number of aliphatic hydroxyl groups excluding tert-OH is 1. The summed E-state index contributed by atoms with van der Waals surface area (Å²) in [6, 6.07) is 5.74. The molecule has 122 valence electrons. The molecule has 1 aromatic rings. The van der Waals surface area contributed by atoms with E-state index in [2.05, 4.69) is 26.1 Å². The number of fused-ring (bicyclic) bond motifs is 1. The number of nitrogens with one attached hydrogen (secondary N) is 1. The normalized spacial score (nSPS) is 21.1. The van der Waals surface area contributed by atoms with Crippen LogP contribution in [0.1, 0.15) is 50.8 Å². The van der Waals surface area contributed by atoms with Gasteiger partial charge in [-0.05, 0) is 30.0 Å². The highest BCUT2D eigenvalue weighted by atomic mass is 16.5. The molecule has 0 spiro atoms. The van der Waals surface area contributed by atoms with E-state index < -0.39 is 12.1 Å². The Balaban J connectivity index is 2.01. The zero-order valence-corrected chi connectivity index (χ0v) is 13.4. The molecule has 0 unspecified atom stereocenters. The summed E-state index contributed by atoms with van der Waals surface area (Å²) in [5.41, 5.74) is 2.00. The van der Waals surface area contributed by atoms with Crippen molar-refractivity contribution in [3.63, 3.8) is 0 Å². The standard InChI is InChI=1S/C17H25NO4/c1-17(2,3)11-6-7-12-14(9-11)22-10-13(16(12)21)18-8-4-5-15(19)20/h6-7,9,13,16,18,21H,4-5,8,10H2,1-3H3,(H,19,20)/t13-,16+/m1/s1. The highest BCUT2D eigenvalue weighted by Gasteiger charge is 2.30. The number of carboxylic acids is 1. The maximum Gasteiger partial charge on any atom is 0.303 e. The second-order valence-corrected chi connectivity index (χ2v) is 6.82. The zero-order valence-electron chi connectivity index (χ0n) is 13.4. The van der Waals surface area contributed by atoms with Crippen molar-refractivity contribution in [3.05, 3.63) is 29.3 Å². The van der Waals surface area contributed by atoms with E-state index in [-0.39, 0.29) is 17.9 Å². The molecule has 0 aromatic heterocycles. The maximum atomic E-state index is 10.5. The average Bonchev–Trinajstić information content (AvgIpc) is 2.44. The molecule has 2 rings (SSSR count). The minimum Gasteiger partial charge on any atom is -0.491 e. The van der Waals surface area contributed by atoms with Crippen molar-refractivity contribution in [3.8, 4) is 5.75 Å². The summed E-state index contributed by atoms with van der Waals surface area (Å²) in [6.45, 7) is 7.35. The monoisotopic (exact) mass is 307 g/mol. The van der Waals surface area contributed by atoms with Crippen LogP contribution in [0, 0.1) is 0 Å². The molecule has 1 aliphatic heterocycles. The van der Waals surface area contributed by atoms with Gasteiger partial charge in [0.2, 0.25) is 0 Å². The number of hydrogen-bond acceptors (Lipinski definition) is 4. The van der Waals surface area contributed by atoms with Crippen molar-refractivity contribution in [1.29, 1.82) is 0 Å². The first-order valence-corrected chi connectivity index (χ1v) is 7.69. The highest BCUT2D eigenvalue weighted by molar-refractivity contribution is 5.66. The molecule has 0 bridgehead atoms. The first-order valence-electron chi connectivity index (χ1n) is 7.69. The van der Waals surface area contributed by atoms with Gasteiger partial charge in [-0.3, -0.25) is 4.79 Å². The molecule has 0 fully saturated rings. The predicted molar refractivity (Wildman–Crippen MR) is 84.3 cm³/mol. The molecule has 0 saturated carbocycles. The van der Waals surface area contributed by atoms with Crippen LogP contribution in [-0.2, 0) is 10.2 Å². The second-order valence-electron chi connectivity index (χ2n) is 6.82. The molecule has 1 heterocycles. The van der Waals surface area contributed by atoms with Crippen LogP contribution in [0.25, 0.3) is 0 Å². The van der Waals surface area contributed by atoms with Gasteiger partial charge in [-0.1, -0.05) is 32.9 Å². The topological polar surface area (TPSA) is 78.8 Å². The number of benzene rings is 1. The van der Waals surface area contributed by atoms with E-state index >= 15 is 0 Å². The molecule has 22 heavy (non-hydrogen) atoms. The maximum absolute atomic E-state index is 10.5. The van der Waals surface area contributed by atoms with E-state index in [0.717, 1.165) is 11.3 Å². The molecule has 1 aliphatic rings. The number of ether oxygens (including phenoxy) is 1. The number of hydrogen-bond donors (Lipinski definition) is 3. The van der Waals surface area contributed by atoms with Gasteiger partial charge in [0.15, 0.2) is 0 Å². The van der Waals surface area contributed by atoms with Crippen LogP contribution in [0.4, 0.5) is 0 Å². The van der Waals surface area contributed by atoms with E-state index in [9.17, 15) is 9.90 Å². The largest absolute Gasteiger partial charge is 0.491 e. The van der Waals surface area contributed by atoms with Crippen LogP contribution in [0.3, 0.4) is 0 Å². The Morgan fingerprint density at radius 1 is 1.41 bits per heavy atom. The number of rotatable bonds is 5. The Labute approximate surface area is 131 Å². The lowest BCUT2D eigenvalue weighted by Gasteiger charge is -2.32. The fourth-order valence-electron chi connectivity index (χ4n) is 2.56. The minimum absolute atomic E-state index is 0.0370. The van der Waals surface area contributed by atoms with Crippen LogP contribution >= 0.6 is 0 Å². The molecule has 0 aliphatic carbocycles. The van der Waals surface area contributed by atoms with Crippen molar-refractivity contribution < 1.29 is 19.7 Å². The van der Waals surface area contributed by atoms with Gasteiger partial charge in [-0.25, -0.2) is 0 Å². The van der Waals surface area contributed by atoms with Gasteiger partial charge in [0.25, 0.3) is 0 Å². The van der Waals surface area contributed by atoms with Gasteiger partial charge in [-0.15, -0.1) is 0 Å². The number of carbonyl (C=O) groups is 1. The Bertz CT molecular complexity index is 536.